The highest BCUT2D eigenvalue weighted by Gasteiger charge is 2.25. The molecule has 51 heavy (non-hydrogen) atoms. The van der Waals surface area contributed by atoms with Gasteiger partial charge >= 0.3 is 0 Å². The Labute approximate surface area is 298 Å². The Morgan fingerprint density at radius 3 is 1.92 bits per heavy atom. The van der Waals surface area contributed by atoms with E-state index in [9.17, 15) is 0 Å². The molecule has 2 nitrogen and oxygen atoms in total. The van der Waals surface area contributed by atoms with Crippen molar-refractivity contribution < 1.29 is 4.42 Å². The Bertz CT molecular complexity index is 3140. The van der Waals surface area contributed by atoms with Gasteiger partial charge in [0.1, 0.15) is 11.2 Å². The molecule has 0 saturated carbocycles. The van der Waals surface area contributed by atoms with Crippen LogP contribution in [0.25, 0.3) is 85.6 Å². The number of para-hydroxylation sites is 1. The second-order valence-electron chi connectivity index (χ2n) is 13.2. The van der Waals surface area contributed by atoms with E-state index in [1.165, 1.54) is 63.6 Å². The van der Waals surface area contributed by atoms with Crippen LogP contribution in [0.3, 0.4) is 0 Å². The molecule has 0 aliphatic carbocycles. The highest BCUT2D eigenvalue weighted by molar-refractivity contribution is 7.26. The monoisotopic (exact) mass is 667 g/mol. The van der Waals surface area contributed by atoms with Crippen LogP contribution in [0.4, 0.5) is 17.1 Å². The lowest BCUT2D eigenvalue weighted by Crippen LogP contribution is -2.11. The van der Waals surface area contributed by atoms with Crippen molar-refractivity contribution in [3.8, 4) is 11.1 Å². The van der Waals surface area contributed by atoms with Crippen molar-refractivity contribution in [1.29, 1.82) is 0 Å². The molecule has 0 amide bonds. The number of hydrogen-bond acceptors (Lipinski definition) is 3. The van der Waals surface area contributed by atoms with Crippen molar-refractivity contribution in [2.75, 3.05) is 4.90 Å². The molecule has 238 valence electrons. The second kappa shape index (κ2) is 11.0. The van der Waals surface area contributed by atoms with Gasteiger partial charge in [0.25, 0.3) is 0 Å². The van der Waals surface area contributed by atoms with Gasteiger partial charge in [0.05, 0.1) is 16.1 Å². The molecule has 0 unspecified atom stereocenters. The Kier molecular flexibility index (Phi) is 6.16. The molecule has 0 N–H and O–H groups in total. The fourth-order valence-electron chi connectivity index (χ4n) is 8.11. The number of furan rings is 1. The standard InChI is InChI=1S/C48H29NOS/c1-3-15-34-30(12-1)14-11-21-35(34)31-24-26-33(27-25-31)49(42-28-32-13-2-4-16-36(32)37-17-5-6-18-38(37)42)43-29-41-39-19-7-9-22-44(39)50-47(41)46-40-20-8-10-23-45(40)51-48(43)46/h1-29H. The number of rotatable bonds is 4. The fourth-order valence-corrected chi connectivity index (χ4v) is 9.31. The summed E-state index contributed by atoms with van der Waals surface area (Å²) in [5.41, 5.74) is 7.68. The number of anilines is 3. The zero-order valence-corrected chi connectivity index (χ0v) is 28.3. The maximum atomic E-state index is 6.69. The summed E-state index contributed by atoms with van der Waals surface area (Å²) in [6.07, 6.45) is 0. The number of nitrogens with zero attached hydrogens (tertiary/aromatic N) is 1. The van der Waals surface area contributed by atoms with Gasteiger partial charge in [0, 0.05) is 37.3 Å². The van der Waals surface area contributed by atoms with E-state index in [1.54, 1.807) is 0 Å². The molecule has 0 bridgehead atoms. The summed E-state index contributed by atoms with van der Waals surface area (Å²) in [7, 11) is 0. The number of thiophene rings is 1. The summed E-state index contributed by atoms with van der Waals surface area (Å²) in [4.78, 5) is 2.49. The van der Waals surface area contributed by atoms with E-state index in [2.05, 4.69) is 181 Å². The van der Waals surface area contributed by atoms with Gasteiger partial charge < -0.3 is 9.32 Å². The summed E-state index contributed by atoms with van der Waals surface area (Å²) >= 11 is 1.84. The quantitative estimate of drug-likeness (QED) is 0.174. The van der Waals surface area contributed by atoms with E-state index in [4.69, 9.17) is 4.42 Å². The third-order valence-corrected chi connectivity index (χ3v) is 11.6. The van der Waals surface area contributed by atoms with Gasteiger partial charge in [-0.2, -0.15) is 0 Å². The molecule has 11 aromatic rings. The van der Waals surface area contributed by atoms with Crippen molar-refractivity contribution >= 4 is 103 Å². The van der Waals surface area contributed by atoms with Crippen LogP contribution in [-0.4, -0.2) is 0 Å². The SMILES string of the molecule is c1ccc2c(-c3ccc(N(c4cc5ccccc5c5ccccc45)c4cc5c6ccccc6oc5c5c4sc4ccccc45)cc3)cccc2c1. The molecule has 2 heterocycles. The minimum atomic E-state index is 0.906. The normalized spacial score (nSPS) is 11.9. The molecule has 0 atom stereocenters. The molecule has 3 heteroatoms. The minimum absolute atomic E-state index is 0.906. The third kappa shape index (κ3) is 4.29. The maximum absolute atomic E-state index is 6.69. The maximum Gasteiger partial charge on any atom is 0.144 e. The van der Waals surface area contributed by atoms with Gasteiger partial charge in [-0.25, -0.2) is 0 Å². The molecule has 0 radical (unpaired) electrons. The zero-order valence-electron chi connectivity index (χ0n) is 27.5. The summed E-state index contributed by atoms with van der Waals surface area (Å²) < 4.78 is 9.15. The second-order valence-corrected chi connectivity index (χ2v) is 14.3. The van der Waals surface area contributed by atoms with E-state index in [0.29, 0.717) is 0 Å². The van der Waals surface area contributed by atoms with Crippen LogP contribution in [0, 0.1) is 0 Å². The molecule has 11 rings (SSSR count). The molecule has 0 aliphatic heterocycles. The molecule has 2 aromatic heterocycles. The lowest BCUT2D eigenvalue weighted by atomic mass is 9.97. The van der Waals surface area contributed by atoms with Crippen molar-refractivity contribution in [3.63, 3.8) is 0 Å². The van der Waals surface area contributed by atoms with Crippen LogP contribution in [-0.2, 0) is 0 Å². The number of benzene rings is 9. The molecular formula is C48H29NOS. The summed E-state index contributed by atoms with van der Waals surface area (Å²) in [5.74, 6) is 0. The first-order chi connectivity index (χ1) is 25.3. The van der Waals surface area contributed by atoms with Crippen molar-refractivity contribution in [1.82, 2.24) is 0 Å². The molecule has 9 aromatic carbocycles. The van der Waals surface area contributed by atoms with Gasteiger partial charge in [-0.3, -0.25) is 0 Å². The van der Waals surface area contributed by atoms with Crippen molar-refractivity contribution in [3.05, 3.63) is 176 Å². The number of fused-ring (bicyclic) bond motifs is 11. The van der Waals surface area contributed by atoms with E-state index in [0.717, 1.165) is 39.0 Å². The zero-order chi connectivity index (χ0) is 33.5. The molecule has 0 fully saturated rings. The summed E-state index contributed by atoms with van der Waals surface area (Å²) in [6, 6.07) is 63.8. The Balaban J connectivity index is 1.25. The fraction of sp³-hybridized carbons (Fsp3) is 0. The van der Waals surface area contributed by atoms with E-state index in [-0.39, 0.29) is 0 Å². The number of hydrogen-bond donors (Lipinski definition) is 0. The van der Waals surface area contributed by atoms with Crippen LogP contribution in [0.5, 0.6) is 0 Å². The topological polar surface area (TPSA) is 16.4 Å². The first-order valence-corrected chi connectivity index (χ1v) is 18.2. The molecule has 0 saturated heterocycles. The Morgan fingerprint density at radius 2 is 1.08 bits per heavy atom. The van der Waals surface area contributed by atoms with Crippen LogP contribution in [0.2, 0.25) is 0 Å². The summed E-state index contributed by atoms with van der Waals surface area (Å²) in [5, 5.41) is 12.1. The predicted molar refractivity (Wildman–Crippen MR) is 219 cm³/mol. The van der Waals surface area contributed by atoms with E-state index >= 15 is 0 Å². The van der Waals surface area contributed by atoms with E-state index in [1.807, 2.05) is 11.3 Å². The first kappa shape index (κ1) is 28.4. The van der Waals surface area contributed by atoms with Crippen LogP contribution in [0.1, 0.15) is 0 Å². The van der Waals surface area contributed by atoms with Crippen LogP contribution in [0.15, 0.2) is 180 Å². The highest BCUT2D eigenvalue weighted by Crippen LogP contribution is 2.51. The average molecular weight is 668 g/mol. The molecule has 0 aliphatic rings. The van der Waals surface area contributed by atoms with Gasteiger partial charge in [0.15, 0.2) is 0 Å². The Morgan fingerprint density at radius 1 is 0.431 bits per heavy atom. The first-order valence-electron chi connectivity index (χ1n) is 17.3. The lowest BCUT2D eigenvalue weighted by molar-refractivity contribution is 0.673. The van der Waals surface area contributed by atoms with Crippen molar-refractivity contribution in [2.45, 2.75) is 0 Å². The van der Waals surface area contributed by atoms with Gasteiger partial charge in [-0.15, -0.1) is 11.3 Å². The molecule has 0 spiro atoms. The van der Waals surface area contributed by atoms with Crippen molar-refractivity contribution in [2.24, 2.45) is 0 Å². The van der Waals surface area contributed by atoms with Crippen LogP contribution >= 0.6 is 11.3 Å². The smallest absolute Gasteiger partial charge is 0.144 e. The highest BCUT2D eigenvalue weighted by atomic mass is 32.1. The minimum Gasteiger partial charge on any atom is -0.455 e. The average Bonchev–Trinajstić information content (AvgIpc) is 3.77. The summed E-state index contributed by atoms with van der Waals surface area (Å²) in [6.45, 7) is 0. The van der Waals surface area contributed by atoms with Crippen LogP contribution < -0.4 is 4.90 Å². The lowest BCUT2D eigenvalue weighted by Gasteiger charge is -2.28. The van der Waals surface area contributed by atoms with Gasteiger partial charge in [-0.1, -0.05) is 140 Å². The predicted octanol–water partition coefficient (Wildman–Crippen LogP) is 14.6. The Hall–Kier alpha value is -6.42. The largest absolute Gasteiger partial charge is 0.455 e. The molecular weight excluding hydrogens is 639 g/mol. The van der Waals surface area contributed by atoms with Gasteiger partial charge in [0.2, 0.25) is 0 Å². The van der Waals surface area contributed by atoms with E-state index < -0.39 is 0 Å². The third-order valence-electron chi connectivity index (χ3n) is 10.4. The van der Waals surface area contributed by atoms with Gasteiger partial charge in [-0.05, 0) is 74.5 Å².